The molecule has 0 radical (unpaired) electrons. The summed E-state index contributed by atoms with van der Waals surface area (Å²) in [5, 5.41) is 2.74. The van der Waals surface area contributed by atoms with Crippen LogP contribution in [0.15, 0.2) is 23.1 Å². The van der Waals surface area contributed by atoms with E-state index < -0.39 is 10.0 Å². The predicted octanol–water partition coefficient (Wildman–Crippen LogP) is 2.10. The van der Waals surface area contributed by atoms with Gasteiger partial charge in [0.15, 0.2) is 0 Å². The second kappa shape index (κ2) is 6.95. The maximum Gasteiger partial charge on any atom is 0.243 e. The number of ether oxygens (including phenoxy) is 1. The molecule has 1 aromatic rings. The summed E-state index contributed by atoms with van der Waals surface area (Å²) in [5.41, 5.74) is 0.392. The topological polar surface area (TPSA) is 75.7 Å². The van der Waals surface area contributed by atoms with Crippen LogP contribution >= 0.6 is 11.6 Å². The molecule has 1 fully saturated rings. The van der Waals surface area contributed by atoms with Crippen molar-refractivity contribution in [1.29, 1.82) is 0 Å². The first-order valence-corrected chi connectivity index (χ1v) is 8.76. The number of nitrogens with zero attached hydrogens (tertiary/aromatic N) is 1. The molecule has 1 aromatic carbocycles. The molecule has 22 heavy (non-hydrogen) atoms. The number of hydrogen-bond acceptors (Lipinski definition) is 4. The molecule has 0 spiro atoms. The molecule has 2 rings (SSSR count). The lowest BCUT2D eigenvalue weighted by molar-refractivity contribution is -0.114. The maximum absolute atomic E-state index is 12.7. The van der Waals surface area contributed by atoms with Crippen LogP contribution in [-0.4, -0.2) is 44.9 Å². The first kappa shape index (κ1) is 17.2. The number of carbonyl (C=O) groups is 1. The van der Waals surface area contributed by atoms with Crippen LogP contribution in [0.1, 0.15) is 19.8 Å². The molecule has 0 aliphatic carbocycles. The predicted molar refractivity (Wildman–Crippen MR) is 84.5 cm³/mol. The van der Waals surface area contributed by atoms with Crippen molar-refractivity contribution in [2.45, 2.75) is 30.7 Å². The quantitative estimate of drug-likeness (QED) is 0.885. The van der Waals surface area contributed by atoms with Crippen molar-refractivity contribution in [2.75, 3.05) is 25.6 Å². The normalized spacial score (nSPS) is 19.3. The van der Waals surface area contributed by atoms with E-state index >= 15 is 0 Å². The third-order valence-electron chi connectivity index (χ3n) is 3.54. The fourth-order valence-corrected chi connectivity index (χ4v) is 4.57. The standard InChI is InChI=1S/C14H19ClN2O4S/c1-10(18)16-14-6-5-12(8-13(14)15)22(19,20)17-7-3-4-11(17)9-21-2/h5-6,8,11H,3-4,7,9H2,1-2H3,(H,16,18). The van der Waals surface area contributed by atoms with Crippen LogP contribution in [0.4, 0.5) is 5.69 Å². The van der Waals surface area contributed by atoms with Gasteiger partial charge in [0.05, 0.1) is 22.2 Å². The Morgan fingerprint density at radius 3 is 2.82 bits per heavy atom. The Morgan fingerprint density at radius 2 is 2.23 bits per heavy atom. The van der Waals surface area contributed by atoms with Crippen molar-refractivity contribution < 1.29 is 17.9 Å². The highest BCUT2D eigenvalue weighted by Gasteiger charge is 2.35. The van der Waals surface area contributed by atoms with Gasteiger partial charge in [0.2, 0.25) is 15.9 Å². The summed E-state index contributed by atoms with van der Waals surface area (Å²) >= 11 is 6.06. The van der Waals surface area contributed by atoms with E-state index in [-0.39, 0.29) is 21.9 Å². The molecule has 1 atom stereocenters. The molecule has 6 nitrogen and oxygen atoms in total. The molecule has 8 heteroatoms. The molecule has 0 saturated carbocycles. The minimum absolute atomic E-state index is 0.120. The van der Waals surface area contributed by atoms with Crippen LogP contribution in [0.2, 0.25) is 5.02 Å². The molecule has 1 saturated heterocycles. The number of halogens is 1. The van der Waals surface area contributed by atoms with Gasteiger partial charge in [0.1, 0.15) is 0 Å². The van der Waals surface area contributed by atoms with Gasteiger partial charge in [-0.05, 0) is 31.0 Å². The van der Waals surface area contributed by atoms with E-state index in [1.807, 2.05) is 0 Å². The molecule has 1 heterocycles. The van der Waals surface area contributed by atoms with Crippen LogP contribution < -0.4 is 5.32 Å². The van der Waals surface area contributed by atoms with Gasteiger partial charge >= 0.3 is 0 Å². The first-order chi connectivity index (χ1) is 10.4. The first-order valence-electron chi connectivity index (χ1n) is 6.94. The van der Waals surface area contributed by atoms with Crippen molar-refractivity contribution in [1.82, 2.24) is 4.31 Å². The lowest BCUT2D eigenvalue weighted by atomic mass is 10.2. The summed E-state index contributed by atoms with van der Waals surface area (Å²) < 4.78 is 32.0. The second-order valence-corrected chi connectivity index (χ2v) is 7.49. The molecule has 1 amide bonds. The van der Waals surface area contributed by atoms with Crippen LogP contribution in [0.25, 0.3) is 0 Å². The number of amides is 1. The molecule has 0 bridgehead atoms. The van der Waals surface area contributed by atoms with Crippen LogP contribution in [0.3, 0.4) is 0 Å². The van der Waals surface area contributed by atoms with Gasteiger partial charge in [-0.2, -0.15) is 4.31 Å². The minimum Gasteiger partial charge on any atom is -0.383 e. The van der Waals surface area contributed by atoms with E-state index in [4.69, 9.17) is 16.3 Å². The fourth-order valence-electron chi connectivity index (χ4n) is 2.57. The van der Waals surface area contributed by atoms with Crippen molar-refractivity contribution in [3.05, 3.63) is 23.2 Å². The zero-order valence-electron chi connectivity index (χ0n) is 12.5. The molecule has 1 aliphatic rings. The highest BCUT2D eigenvalue weighted by molar-refractivity contribution is 7.89. The molecular weight excluding hydrogens is 328 g/mol. The summed E-state index contributed by atoms with van der Waals surface area (Å²) in [6.45, 7) is 2.21. The van der Waals surface area contributed by atoms with E-state index in [0.717, 1.165) is 12.8 Å². The fraction of sp³-hybridized carbons (Fsp3) is 0.500. The van der Waals surface area contributed by atoms with Crippen molar-refractivity contribution in [3.8, 4) is 0 Å². The number of rotatable bonds is 5. The van der Waals surface area contributed by atoms with Gasteiger partial charge in [-0.1, -0.05) is 11.6 Å². The maximum atomic E-state index is 12.7. The number of nitrogens with one attached hydrogen (secondary N) is 1. The summed E-state index contributed by atoms with van der Waals surface area (Å²) in [4.78, 5) is 11.2. The van der Waals surface area contributed by atoms with Gasteiger partial charge in [0.25, 0.3) is 0 Å². The number of sulfonamides is 1. The Labute approximate surface area is 135 Å². The summed E-state index contributed by atoms with van der Waals surface area (Å²) in [6, 6.07) is 4.17. The van der Waals surface area contributed by atoms with E-state index in [2.05, 4.69) is 5.32 Å². The number of benzene rings is 1. The number of anilines is 1. The highest BCUT2D eigenvalue weighted by Crippen LogP contribution is 2.30. The lowest BCUT2D eigenvalue weighted by Crippen LogP contribution is -2.38. The van der Waals surface area contributed by atoms with Crippen molar-refractivity contribution in [3.63, 3.8) is 0 Å². The highest BCUT2D eigenvalue weighted by atomic mass is 35.5. The summed E-state index contributed by atoms with van der Waals surface area (Å²) in [6.07, 6.45) is 1.59. The van der Waals surface area contributed by atoms with E-state index in [9.17, 15) is 13.2 Å². The number of carbonyl (C=O) groups excluding carboxylic acids is 1. The summed E-state index contributed by atoms with van der Waals surface area (Å²) in [5.74, 6) is -0.266. The molecule has 0 aromatic heterocycles. The van der Waals surface area contributed by atoms with Gasteiger partial charge in [-0.3, -0.25) is 4.79 Å². The van der Waals surface area contributed by atoms with E-state index in [1.54, 1.807) is 7.11 Å². The Kier molecular flexibility index (Phi) is 5.44. The van der Waals surface area contributed by atoms with Crippen molar-refractivity contribution in [2.24, 2.45) is 0 Å². The second-order valence-electron chi connectivity index (χ2n) is 5.19. The van der Waals surface area contributed by atoms with Crippen LogP contribution in [-0.2, 0) is 19.6 Å². The zero-order chi connectivity index (χ0) is 16.3. The van der Waals surface area contributed by atoms with Gasteiger partial charge < -0.3 is 10.1 Å². The SMILES string of the molecule is COCC1CCCN1S(=O)(=O)c1ccc(NC(C)=O)c(Cl)c1. The van der Waals surface area contributed by atoms with E-state index in [0.29, 0.717) is 18.8 Å². The molecule has 1 unspecified atom stereocenters. The number of hydrogen-bond donors (Lipinski definition) is 1. The molecule has 1 N–H and O–H groups in total. The lowest BCUT2D eigenvalue weighted by Gasteiger charge is -2.23. The third kappa shape index (κ3) is 3.60. The zero-order valence-corrected chi connectivity index (χ0v) is 14.1. The van der Waals surface area contributed by atoms with Gasteiger partial charge in [-0.15, -0.1) is 0 Å². The average molecular weight is 347 g/mol. The average Bonchev–Trinajstić information content (AvgIpc) is 2.90. The molecule has 122 valence electrons. The number of methoxy groups -OCH3 is 1. The van der Waals surface area contributed by atoms with Crippen LogP contribution in [0.5, 0.6) is 0 Å². The van der Waals surface area contributed by atoms with E-state index in [1.165, 1.54) is 29.4 Å². The summed E-state index contributed by atoms with van der Waals surface area (Å²) in [7, 11) is -2.06. The molecule has 1 aliphatic heterocycles. The van der Waals surface area contributed by atoms with Crippen LogP contribution in [0, 0.1) is 0 Å². The van der Waals surface area contributed by atoms with Gasteiger partial charge in [-0.25, -0.2) is 8.42 Å². The minimum atomic E-state index is -3.62. The monoisotopic (exact) mass is 346 g/mol. The Bertz CT molecular complexity index is 663. The largest absolute Gasteiger partial charge is 0.383 e. The third-order valence-corrected chi connectivity index (χ3v) is 5.80. The Balaban J connectivity index is 2.29. The molecular formula is C14H19ClN2O4S. The Hall–Kier alpha value is -1.15. The van der Waals surface area contributed by atoms with Crippen molar-refractivity contribution >= 4 is 33.2 Å². The smallest absolute Gasteiger partial charge is 0.243 e. The van der Waals surface area contributed by atoms with Gasteiger partial charge in [0, 0.05) is 26.6 Å². The Morgan fingerprint density at radius 1 is 1.50 bits per heavy atom.